The minimum absolute atomic E-state index is 0.164. The summed E-state index contributed by atoms with van der Waals surface area (Å²) in [5.41, 5.74) is 1.37. The Balaban J connectivity index is 2.04. The summed E-state index contributed by atoms with van der Waals surface area (Å²) in [6.45, 7) is -0.164. The van der Waals surface area contributed by atoms with Crippen LogP contribution in [0.1, 0.15) is 15.9 Å². The number of hydrogen-bond acceptors (Lipinski definition) is 2. The van der Waals surface area contributed by atoms with Gasteiger partial charge in [0.1, 0.15) is 5.82 Å². The molecule has 0 radical (unpaired) electrons. The van der Waals surface area contributed by atoms with Crippen LogP contribution in [0, 0.1) is 5.82 Å². The summed E-state index contributed by atoms with van der Waals surface area (Å²) in [5, 5.41) is 12.1. The van der Waals surface area contributed by atoms with Gasteiger partial charge in [-0.15, -0.1) is 0 Å². The number of aliphatic hydroxyl groups excluding tert-OH is 1. The van der Waals surface area contributed by atoms with Gasteiger partial charge < -0.3 is 10.4 Å². The van der Waals surface area contributed by atoms with Crippen LogP contribution in [0.25, 0.3) is 0 Å². The summed E-state index contributed by atoms with van der Waals surface area (Å²) >= 11 is 3.05. The van der Waals surface area contributed by atoms with E-state index in [1.807, 2.05) is 30.3 Å². The van der Waals surface area contributed by atoms with Crippen LogP contribution >= 0.6 is 15.9 Å². The third-order valence-electron chi connectivity index (χ3n) is 3.06. The van der Waals surface area contributed by atoms with Crippen LogP contribution in [0.2, 0.25) is 0 Å². The molecule has 0 bridgehead atoms. The van der Waals surface area contributed by atoms with E-state index in [1.54, 1.807) is 0 Å². The minimum Gasteiger partial charge on any atom is -0.394 e. The van der Waals surface area contributed by atoms with E-state index in [1.165, 1.54) is 18.2 Å². The molecule has 21 heavy (non-hydrogen) atoms. The summed E-state index contributed by atoms with van der Waals surface area (Å²) in [4.78, 5) is 12.1. The van der Waals surface area contributed by atoms with Crippen LogP contribution in [-0.4, -0.2) is 23.7 Å². The highest BCUT2D eigenvalue weighted by Crippen LogP contribution is 2.17. The van der Waals surface area contributed by atoms with E-state index in [-0.39, 0.29) is 23.0 Å². The quantitative estimate of drug-likeness (QED) is 0.869. The molecule has 0 spiro atoms. The highest BCUT2D eigenvalue weighted by Gasteiger charge is 2.14. The second-order valence-corrected chi connectivity index (χ2v) is 5.53. The molecule has 1 atom stereocenters. The van der Waals surface area contributed by atoms with E-state index in [4.69, 9.17) is 0 Å². The van der Waals surface area contributed by atoms with Crippen LogP contribution in [0.4, 0.5) is 4.39 Å². The number of rotatable bonds is 5. The third kappa shape index (κ3) is 4.37. The second kappa shape index (κ2) is 7.33. The molecule has 2 aromatic carbocycles. The lowest BCUT2D eigenvalue weighted by Crippen LogP contribution is -2.39. The van der Waals surface area contributed by atoms with Gasteiger partial charge in [-0.2, -0.15) is 0 Å². The smallest absolute Gasteiger partial charge is 0.251 e. The first kappa shape index (κ1) is 15.7. The van der Waals surface area contributed by atoms with Crippen molar-refractivity contribution in [3.63, 3.8) is 0 Å². The monoisotopic (exact) mass is 351 g/mol. The maximum Gasteiger partial charge on any atom is 0.251 e. The molecule has 0 aromatic heterocycles. The van der Waals surface area contributed by atoms with Gasteiger partial charge in [0, 0.05) is 5.56 Å². The molecule has 0 saturated carbocycles. The van der Waals surface area contributed by atoms with Crippen LogP contribution in [0.15, 0.2) is 53.0 Å². The number of carbonyl (C=O) groups excluding carboxylic acids is 1. The summed E-state index contributed by atoms with van der Waals surface area (Å²) in [7, 11) is 0. The van der Waals surface area contributed by atoms with E-state index in [0.29, 0.717) is 12.0 Å². The maximum absolute atomic E-state index is 13.2. The largest absolute Gasteiger partial charge is 0.394 e. The van der Waals surface area contributed by atoms with Gasteiger partial charge in [0.05, 0.1) is 17.1 Å². The van der Waals surface area contributed by atoms with Crippen LogP contribution in [0.3, 0.4) is 0 Å². The summed E-state index contributed by atoms with van der Waals surface area (Å²) in [6.07, 6.45) is 0.533. The number of benzene rings is 2. The van der Waals surface area contributed by atoms with Gasteiger partial charge >= 0.3 is 0 Å². The molecule has 0 aliphatic carbocycles. The van der Waals surface area contributed by atoms with Crippen molar-refractivity contribution in [1.82, 2.24) is 5.32 Å². The van der Waals surface area contributed by atoms with Crippen molar-refractivity contribution in [2.45, 2.75) is 12.5 Å². The van der Waals surface area contributed by atoms with Gasteiger partial charge in [-0.1, -0.05) is 30.3 Å². The van der Waals surface area contributed by atoms with Crippen molar-refractivity contribution in [2.75, 3.05) is 6.61 Å². The Morgan fingerprint density at radius 2 is 1.95 bits per heavy atom. The fraction of sp³-hybridized carbons (Fsp3) is 0.188. The lowest BCUT2D eigenvalue weighted by molar-refractivity contribution is 0.0916. The maximum atomic E-state index is 13.2. The van der Waals surface area contributed by atoms with Crippen molar-refractivity contribution < 1.29 is 14.3 Å². The highest BCUT2D eigenvalue weighted by molar-refractivity contribution is 9.10. The Bertz CT molecular complexity index is 619. The summed E-state index contributed by atoms with van der Waals surface area (Å²) in [6, 6.07) is 13.3. The van der Waals surface area contributed by atoms with Crippen molar-refractivity contribution in [3.05, 3.63) is 69.9 Å². The molecule has 1 amide bonds. The Labute approximate surface area is 130 Å². The van der Waals surface area contributed by atoms with E-state index < -0.39 is 5.82 Å². The molecule has 3 nitrogen and oxygen atoms in total. The van der Waals surface area contributed by atoms with E-state index in [9.17, 15) is 14.3 Å². The van der Waals surface area contributed by atoms with Gasteiger partial charge in [0.25, 0.3) is 5.91 Å². The predicted molar refractivity (Wildman–Crippen MR) is 82.6 cm³/mol. The summed E-state index contributed by atoms with van der Waals surface area (Å²) in [5.74, 6) is -0.764. The molecule has 0 unspecified atom stereocenters. The first-order chi connectivity index (χ1) is 10.1. The fourth-order valence-electron chi connectivity index (χ4n) is 1.97. The van der Waals surface area contributed by atoms with Gasteiger partial charge in [0.15, 0.2) is 0 Å². The molecule has 2 aromatic rings. The lowest BCUT2D eigenvalue weighted by atomic mass is 10.1. The number of amides is 1. The van der Waals surface area contributed by atoms with Gasteiger partial charge in [-0.05, 0) is 46.1 Å². The zero-order valence-corrected chi connectivity index (χ0v) is 12.8. The molecule has 110 valence electrons. The SMILES string of the molecule is O=C(N[C@@H](CO)Cc1ccccc1)c1ccc(F)c(Br)c1. The van der Waals surface area contributed by atoms with Crippen LogP contribution in [0.5, 0.6) is 0 Å². The number of carbonyl (C=O) groups is 1. The average Bonchev–Trinajstić information content (AvgIpc) is 2.50. The Kier molecular flexibility index (Phi) is 5.47. The fourth-order valence-corrected chi connectivity index (χ4v) is 2.34. The number of hydrogen-bond donors (Lipinski definition) is 2. The molecule has 0 fully saturated rings. The molecular formula is C16H15BrFNO2. The second-order valence-electron chi connectivity index (χ2n) is 4.67. The average molecular weight is 352 g/mol. The zero-order chi connectivity index (χ0) is 15.2. The predicted octanol–water partition coefficient (Wildman–Crippen LogP) is 2.92. The van der Waals surface area contributed by atoms with Gasteiger partial charge in [-0.3, -0.25) is 4.79 Å². The van der Waals surface area contributed by atoms with Crippen LogP contribution in [-0.2, 0) is 6.42 Å². The first-order valence-corrected chi connectivity index (χ1v) is 7.30. The summed E-state index contributed by atoms with van der Waals surface area (Å²) < 4.78 is 13.4. The molecule has 5 heteroatoms. The minimum atomic E-state index is -0.422. The van der Waals surface area contributed by atoms with Gasteiger partial charge in [-0.25, -0.2) is 4.39 Å². The van der Waals surface area contributed by atoms with Crippen molar-refractivity contribution in [3.8, 4) is 0 Å². The third-order valence-corrected chi connectivity index (χ3v) is 3.67. The number of halogens is 2. The van der Waals surface area contributed by atoms with Crippen molar-refractivity contribution >= 4 is 21.8 Å². The molecule has 0 heterocycles. The van der Waals surface area contributed by atoms with Crippen molar-refractivity contribution in [2.24, 2.45) is 0 Å². The first-order valence-electron chi connectivity index (χ1n) is 6.51. The number of aliphatic hydroxyl groups is 1. The zero-order valence-electron chi connectivity index (χ0n) is 11.2. The lowest BCUT2D eigenvalue weighted by Gasteiger charge is -2.16. The molecule has 0 aliphatic heterocycles. The van der Waals surface area contributed by atoms with Gasteiger partial charge in [0.2, 0.25) is 0 Å². The standard InChI is InChI=1S/C16H15BrFNO2/c17-14-9-12(6-7-15(14)18)16(21)19-13(10-20)8-11-4-2-1-3-5-11/h1-7,9,13,20H,8,10H2,(H,19,21)/t13-/m1/s1. The van der Waals surface area contributed by atoms with E-state index >= 15 is 0 Å². The van der Waals surface area contributed by atoms with Crippen LogP contribution < -0.4 is 5.32 Å². The van der Waals surface area contributed by atoms with E-state index in [0.717, 1.165) is 5.56 Å². The molecule has 0 saturated heterocycles. The van der Waals surface area contributed by atoms with Crippen molar-refractivity contribution in [1.29, 1.82) is 0 Å². The highest BCUT2D eigenvalue weighted by atomic mass is 79.9. The van der Waals surface area contributed by atoms with E-state index in [2.05, 4.69) is 21.2 Å². The molecule has 2 rings (SSSR count). The Morgan fingerprint density at radius 3 is 2.57 bits per heavy atom. The normalized spacial score (nSPS) is 12.0. The molecular weight excluding hydrogens is 337 g/mol. The Hall–Kier alpha value is -1.72. The Morgan fingerprint density at radius 1 is 1.24 bits per heavy atom. The molecule has 0 aliphatic rings. The number of nitrogens with one attached hydrogen (secondary N) is 1. The molecule has 2 N–H and O–H groups in total. The topological polar surface area (TPSA) is 49.3 Å².